The third-order valence-corrected chi connectivity index (χ3v) is 5.05. The fourth-order valence-corrected chi connectivity index (χ4v) is 3.19. The second-order valence-electron chi connectivity index (χ2n) is 7.19. The van der Waals surface area contributed by atoms with E-state index in [1.165, 1.54) is 5.56 Å². The van der Waals surface area contributed by atoms with Gasteiger partial charge in [-0.25, -0.2) is 0 Å². The summed E-state index contributed by atoms with van der Waals surface area (Å²) in [6.45, 7) is 6.64. The Morgan fingerprint density at radius 1 is 1.00 bits per heavy atom. The number of hydrogen-bond acceptors (Lipinski definition) is 4. The van der Waals surface area contributed by atoms with Crippen molar-refractivity contribution in [2.24, 2.45) is 0 Å². The summed E-state index contributed by atoms with van der Waals surface area (Å²) in [7, 11) is 0. The Morgan fingerprint density at radius 3 is 2.47 bits per heavy atom. The van der Waals surface area contributed by atoms with Crippen LogP contribution >= 0.6 is 15.9 Å². The van der Waals surface area contributed by atoms with E-state index in [-0.39, 0.29) is 6.61 Å². The number of carbonyl (C=O) groups is 2. The number of unbranched alkanes of at least 4 members (excludes halogenated alkanes) is 2. The highest BCUT2D eigenvalue weighted by Gasteiger charge is 2.14. The molecule has 0 radical (unpaired) electrons. The van der Waals surface area contributed by atoms with Crippen LogP contribution in [-0.2, 0) is 4.79 Å². The summed E-state index contributed by atoms with van der Waals surface area (Å²) in [4.78, 5) is 24.5. The van der Waals surface area contributed by atoms with Crippen LogP contribution < -0.4 is 20.3 Å². The summed E-state index contributed by atoms with van der Waals surface area (Å²) in [5, 5.41) is 0. The van der Waals surface area contributed by atoms with Crippen LogP contribution in [0.3, 0.4) is 0 Å². The summed E-state index contributed by atoms with van der Waals surface area (Å²) in [5.41, 5.74) is 6.31. The number of nitrogens with one attached hydrogen (secondary N) is 2. The molecule has 2 N–H and O–H groups in total. The lowest BCUT2D eigenvalue weighted by Gasteiger charge is -2.13. The molecule has 0 unspecified atom stereocenters. The maximum absolute atomic E-state index is 12.4. The number of benzene rings is 2. The van der Waals surface area contributed by atoms with Gasteiger partial charge in [0.15, 0.2) is 6.61 Å². The maximum Gasteiger partial charge on any atom is 0.276 e. The summed E-state index contributed by atoms with van der Waals surface area (Å²) < 4.78 is 12.0. The van der Waals surface area contributed by atoms with Crippen LogP contribution in [0.4, 0.5) is 0 Å². The van der Waals surface area contributed by atoms with Gasteiger partial charge in [0.25, 0.3) is 11.8 Å². The van der Waals surface area contributed by atoms with Gasteiger partial charge in [0.2, 0.25) is 0 Å². The largest absolute Gasteiger partial charge is 0.493 e. The summed E-state index contributed by atoms with van der Waals surface area (Å²) in [5.74, 6) is 0.534. The number of ether oxygens (including phenoxy) is 2. The molecule has 0 aliphatic heterocycles. The molecule has 0 aliphatic rings. The van der Waals surface area contributed by atoms with E-state index in [0.29, 0.717) is 29.6 Å². The molecule has 0 saturated carbocycles. The highest BCUT2D eigenvalue weighted by molar-refractivity contribution is 9.10. The molecule has 2 rings (SSSR count). The molecule has 30 heavy (non-hydrogen) atoms. The van der Waals surface area contributed by atoms with E-state index in [4.69, 9.17) is 9.47 Å². The first kappa shape index (κ1) is 23.7. The molecular formula is C23H29BrN2O4. The zero-order valence-electron chi connectivity index (χ0n) is 17.7. The van der Waals surface area contributed by atoms with Gasteiger partial charge in [-0.1, -0.05) is 51.8 Å². The predicted molar refractivity (Wildman–Crippen MR) is 121 cm³/mol. The fourth-order valence-electron chi connectivity index (χ4n) is 2.68. The predicted octanol–water partition coefficient (Wildman–Crippen LogP) is 4.98. The third-order valence-electron chi connectivity index (χ3n) is 4.43. The second-order valence-corrected chi connectivity index (χ2v) is 8.04. The Bertz CT molecular complexity index is 855. The van der Waals surface area contributed by atoms with Crippen LogP contribution in [0.5, 0.6) is 11.5 Å². The quantitative estimate of drug-likeness (QED) is 0.374. The first-order chi connectivity index (χ1) is 14.4. The summed E-state index contributed by atoms with van der Waals surface area (Å²) >= 11 is 3.46. The lowest BCUT2D eigenvalue weighted by atomic mass is 10.0. The average molecular weight is 477 g/mol. The first-order valence-corrected chi connectivity index (χ1v) is 10.9. The number of para-hydroxylation sites is 1. The van der Waals surface area contributed by atoms with Gasteiger partial charge in [-0.15, -0.1) is 0 Å². The molecule has 6 nitrogen and oxygen atoms in total. The SMILES string of the molecule is CCCCCOc1ccccc1C(=O)NNC(=O)COc1ccc(C(C)C)cc1Br. The van der Waals surface area contributed by atoms with Crippen LogP contribution in [-0.4, -0.2) is 25.0 Å². The number of carbonyl (C=O) groups excluding carboxylic acids is 2. The van der Waals surface area contributed by atoms with Crippen molar-refractivity contribution in [3.63, 3.8) is 0 Å². The normalized spacial score (nSPS) is 10.6. The molecule has 0 saturated heterocycles. The lowest BCUT2D eigenvalue weighted by molar-refractivity contribution is -0.123. The molecule has 7 heteroatoms. The average Bonchev–Trinajstić information content (AvgIpc) is 2.74. The van der Waals surface area contributed by atoms with Crippen molar-refractivity contribution in [3.05, 3.63) is 58.1 Å². The molecule has 0 fully saturated rings. The first-order valence-electron chi connectivity index (χ1n) is 10.2. The van der Waals surface area contributed by atoms with Crippen LogP contribution in [0.15, 0.2) is 46.9 Å². The molecular weight excluding hydrogens is 448 g/mol. The standard InChI is InChI=1S/C23H29BrN2O4/c1-4-5-8-13-29-20-10-7-6-9-18(20)23(28)26-25-22(27)15-30-21-12-11-17(16(2)3)14-19(21)24/h6-7,9-12,14,16H,4-5,8,13,15H2,1-3H3,(H,25,27)(H,26,28). The zero-order chi connectivity index (χ0) is 21.9. The molecule has 0 bridgehead atoms. The van der Waals surface area contributed by atoms with E-state index in [0.717, 1.165) is 23.7 Å². The van der Waals surface area contributed by atoms with Crippen molar-refractivity contribution in [1.29, 1.82) is 0 Å². The molecule has 0 atom stereocenters. The maximum atomic E-state index is 12.4. The number of hydrazine groups is 1. The van der Waals surface area contributed by atoms with Crippen molar-refractivity contribution >= 4 is 27.7 Å². The van der Waals surface area contributed by atoms with Crippen LogP contribution in [0.2, 0.25) is 0 Å². The van der Waals surface area contributed by atoms with Crippen molar-refractivity contribution in [3.8, 4) is 11.5 Å². The van der Waals surface area contributed by atoms with E-state index in [1.807, 2.05) is 18.2 Å². The van der Waals surface area contributed by atoms with Crippen molar-refractivity contribution < 1.29 is 19.1 Å². The second kappa shape index (κ2) is 12.2. The van der Waals surface area contributed by atoms with E-state index < -0.39 is 11.8 Å². The Hall–Kier alpha value is -2.54. The summed E-state index contributed by atoms with van der Waals surface area (Å²) in [6.07, 6.45) is 3.09. The molecule has 0 aliphatic carbocycles. The zero-order valence-corrected chi connectivity index (χ0v) is 19.3. The van der Waals surface area contributed by atoms with Crippen LogP contribution in [0.25, 0.3) is 0 Å². The smallest absolute Gasteiger partial charge is 0.276 e. The molecule has 0 aromatic heterocycles. The van der Waals surface area contributed by atoms with Gasteiger partial charge in [0.05, 0.1) is 16.6 Å². The van der Waals surface area contributed by atoms with E-state index in [1.54, 1.807) is 24.3 Å². The van der Waals surface area contributed by atoms with Gasteiger partial charge in [0, 0.05) is 0 Å². The minimum Gasteiger partial charge on any atom is -0.493 e. The van der Waals surface area contributed by atoms with Crippen molar-refractivity contribution in [1.82, 2.24) is 10.9 Å². The van der Waals surface area contributed by atoms with Crippen molar-refractivity contribution in [2.45, 2.75) is 46.0 Å². The molecule has 2 aromatic rings. The molecule has 2 amide bonds. The molecule has 0 spiro atoms. The number of rotatable bonds is 10. The highest BCUT2D eigenvalue weighted by Crippen LogP contribution is 2.28. The highest BCUT2D eigenvalue weighted by atomic mass is 79.9. The van der Waals surface area contributed by atoms with Crippen LogP contribution in [0, 0.1) is 0 Å². The fraction of sp³-hybridized carbons (Fsp3) is 0.391. The van der Waals surface area contributed by atoms with Crippen molar-refractivity contribution in [2.75, 3.05) is 13.2 Å². The summed E-state index contributed by atoms with van der Waals surface area (Å²) in [6, 6.07) is 12.7. The van der Waals surface area contributed by atoms with Gasteiger partial charge < -0.3 is 9.47 Å². The number of halogens is 1. The van der Waals surface area contributed by atoms with Gasteiger partial charge in [-0.2, -0.15) is 0 Å². The van der Waals surface area contributed by atoms with Gasteiger partial charge in [-0.05, 0) is 58.1 Å². The third kappa shape index (κ3) is 7.37. The van der Waals surface area contributed by atoms with E-state index >= 15 is 0 Å². The van der Waals surface area contributed by atoms with Gasteiger partial charge in [-0.3, -0.25) is 20.4 Å². The molecule has 2 aromatic carbocycles. The number of hydrogen-bond donors (Lipinski definition) is 2. The minimum absolute atomic E-state index is 0.227. The molecule has 0 heterocycles. The Balaban J connectivity index is 1.84. The Labute approximate surface area is 186 Å². The molecule has 162 valence electrons. The van der Waals surface area contributed by atoms with E-state index in [2.05, 4.69) is 47.6 Å². The van der Waals surface area contributed by atoms with E-state index in [9.17, 15) is 9.59 Å². The topological polar surface area (TPSA) is 76.7 Å². The van der Waals surface area contributed by atoms with Crippen LogP contribution in [0.1, 0.15) is 61.9 Å². The number of amides is 2. The Kier molecular flexibility index (Phi) is 9.67. The monoisotopic (exact) mass is 476 g/mol. The Morgan fingerprint density at radius 2 is 1.77 bits per heavy atom. The van der Waals surface area contributed by atoms with Gasteiger partial charge >= 0.3 is 0 Å². The minimum atomic E-state index is -0.468. The van der Waals surface area contributed by atoms with Gasteiger partial charge in [0.1, 0.15) is 11.5 Å². The lowest BCUT2D eigenvalue weighted by Crippen LogP contribution is -2.44.